The molecule has 156 valence electrons. The van der Waals surface area contributed by atoms with Crippen LogP contribution in [0, 0.1) is 0 Å². The molecule has 1 N–H and O–H groups in total. The first-order chi connectivity index (χ1) is 13.2. The molecule has 1 fully saturated rings. The first kappa shape index (κ1) is 22.6. The molecule has 2 rings (SSSR count). The molecule has 10 heteroatoms. The first-order valence-corrected chi connectivity index (χ1v) is 11.0. The van der Waals surface area contributed by atoms with Gasteiger partial charge >= 0.3 is 0 Å². The van der Waals surface area contributed by atoms with Gasteiger partial charge in [0.2, 0.25) is 15.9 Å². The zero-order valence-electron chi connectivity index (χ0n) is 16.3. The zero-order valence-corrected chi connectivity index (χ0v) is 17.8. The van der Waals surface area contributed by atoms with Gasteiger partial charge < -0.3 is 15.0 Å². The summed E-state index contributed by atoms with van der Waals surface area (Å²) in [5, 5.41) is 2.66. The van der Waals surface area contributed by atoms with E-state index in [9.17, 15) is 18.0 Å². The first-order valence-electron chi connectivity index (χ1n) is 9.19. The van der Waals surface area contributed by atoms with Crippen LogP contribution in [0.4, 0.5) is 0 Å². The summed E-state index contributed by atoms with van der Waals surface area (Å²) in [6.07, 6.45) is 0. The van der Waals surface area contributed by atoms with E-state index in [0.717, 1.165) is 0 Å². The molecule has 0 unspecified atom stereocenters. The molecule has 1 aliphatic heterocycles. The van der Waals surface area contributed by atoms with E-state index < -0.39 is 22.0 Å². The molecule has 1 heterocycles. The van der Waals surface area contributed by atoms with Gasteiger partial charge in [-0.15, -0.1) is 0 Å². The Labute approximate surface area is 170 Å². The van der Waals surface area contributed by atoms with Crippen molar-refractivity contribution in [1.29, 1.82) is 0 Å². The molecule has 0 bridgehead atoms. The molecule has 0 saturated carbocycles. The van der Waals surface area contributed by atoms with Crippen LogP contribution in [0.25, 0.3) is 0 Å². The van der Waals surface area contributed by atoms with Crippen LogP contribution in [0.3, 0.4) is 0 Å². The molecule has 0 aromatic heterocycles. The number of hydrogen-bond donors (Lipinski definition) is 1. The Bertz CT molecular complexity index is 821. The summed E-state index contributed by atoms with van der Waals surface area (Å²) in [5.74, 6) is -0.739. The Morgan fingerprint density at radius 1 is 1.25 bits per heavy atom. The zero-order chi connectivity index (χ0) is 20.9. The van der Waals surface area contributed by atoms with Gasteiger partial charge in [0.25, 0.3) is 5.91 Å². The Morgan fingerprint density at radius 3 is 2.43 bits per heavy atom. The number of amides is 2. The minimum Gasteiger partial charge on any atom is -0.379 e. The van der Waals surface area contributed by atoms with E-state index in [4.69, 9.17) is 16.3 Å². The quantitative estimate of drug-likeness (QED) is 0.703. The summed E-state index contributed by atoms with van der Waals surface area (Å²) >= 11 is 6.11. The Balaban J connectivity index is 2.22. The van der Waals surface area contributed by atoms with Gasteiger partial charge in [0.1, 0.15) is 10.9 Å². The highest BCUT2D eigenvalue weighted by atomic mass is 35.5. The Morgan fingerprint density at radius 2 is 1.86 bits per heavy atom. The number of likely N-dealkylation sites (N-methyl/N-ethyl adjacent to an activating group) is 1. The van der Waals surface area contributed by atoms with Gasteiger partial charge in [-0.05, 0) is 39.0 Å². The fourth-order valence-corrected chi connectivity index (χ4v) is 4.83. The van der Waals surface area contributed by atoms with Crippen molar-refractivity contribution in [2.45, 2.75) is 31.7 Å². The maximum Gasteiger partial charge on any atom is 0.251 e. The number of morpholine rings is 1. The maximum atomic E-state index is 12.9. The van der Waals surface area contributed by atoms with Crippen LogP contribution in [-0.4, -0.2) is 74.9 Å². The molecule has 1 aromatic rings. The number of halogens is 1. The Kier molecular flexibility index (Phi) is 7.82. The van der Waals surface area contributed by atoms with Crippen molar-refractivity contribution in [2.24, 2.45) is 0 Å². The number of rotatable bonds is 7. The molecule has 0 aliphatic carbocycles. The highest BCUT2D eigenvalue weighted by Crippen LogP contribution is 2.26. The molecular formula is C18H26ClN3O5S. The van der Waals surface area contributed by atoms with Crippen LogP contribution in [-0.2, 0) is 19.6 Å². The molecule has 1 aliphatic rings. The predicted octanol–water partition coefficient (Wildman–Crippen LogP) is 1.35. The summed E-state index contributed by atoms with van der Waals surface area (Å²) in [7, 11) is -3.85. The van der Waals surface area contributed by atoms with Gasteiger partial charge in [-0.1, -0.05) is 11.6 Å². The van der Waals surface area contributed by atoms with E-state index in [1.165, 1.54) is 22.5 Å². The normalized spacial score (nSPS) is 16.4. The summed E-state index contributed by atoms with van der Waals surface area (Å²) in [6, 6.07) is 3.32. The van der Waals surface area contributed by atoms with E-state index in [1.807, 2.05) is 13.8 Å². The fourth-order valence-electron chi connectivity index (χ4n) is 2.92. The van der Waals surface area contributed by atoms with E-state index in [-0.39, 0.29) is 34.5 Å². The smallest absolute Gasteiger partial charge is 0.251 e. The van der Waals surface area contributed by atoms with Gasteiger partial charge in [-0.2, -0.15) is 4.31 Å². The van der Waals surface area contributed by atoms with Crippen LogP contribution in [0.2, 0.25) is 5.02 Å². The van der Waals surface area contributed by atoms with Crippen molar-refractivity contribution in [2.75, 3.05) is 39.4 Å². The van der Waals surface area contributed by atoms with Gasteiger partial charge in [0, 0.05) is 31.7 Å². The van der Waals surface area contributed by atoms with Gasteiger partial charge in [-0.25, -0.2) is 8.42 Å². The number of hydrogen-bond acceptors (Lipinski definition) is 5. The molecule has 8 nitrogen and oxygen atoms in total. The summed E-state index contributed by atoms with van der Waals surface area (Å²) in [4.78, 5) is 26.4. The SMILES string of the molecule is CCN(CC)C(=O)[C@H](C)NC(=O)c1ccc(Cl)c(S(=O)(=O)N2CCOCC2)c1. The number of nitrogens with one attached hydrogen (secondary N) is 1. The second-order valence-electron chi connectivity index (χ2n) is 6.37. The Hall–Kier alpha value is -1.68. The van der Waals surface area contributed by atoms with Gasteiger partial charge in [0.15, 0.2) is 0 Å². The van der Waals surface area contributed by atoms with Crippen molar-refractivity contribution in [3.05, 3.63) is 28.8 Å². The van der Waals surface area contributed by atoms with Crippen molar-refractivity contribution >= 4 is 33.4 Å². The van der Waals surface area contributed by atoms with Crippen LogP contribution in [0.15, 0.2) is 23.1 Å². The highest BCUT2D eigenvalue weighted by molar-refractivity contribution is 7.89. The monoisotopic (exact) mass is 431 g/mol. The van der Waals surface area contributed by atoms with E-state index in [2.05, 4.69) is 5.32 Å². The third kappa shape index (κ3) is 5.02. The minimum absolute atomic E-state index is 0.0373. The average molecular weight is 432 g/mol. The van der Waals surface area contributed by atoms with Crippen molar-refractivity contribution in [3.8, 4) is 0 Å². The number of sulfonamides is 1. The molecule has 0 spiro atoms. The van der Waals surface area contributed by atoms with Crippen LogP contribution < -0.4 is 5.32 Å². The lowest BCUT2D eigenvalue weighted by Crippen LogP contribution is -2.46. The number of ether oxygens (including phenoxy) is 1. The topological polar surface area (TPSA) is 96.0 Å². The molecule has 1 saturated heterocycles. The summed E-state index contributed by atoms with van der Waals surface area (Å²) in [5.41, 5.74) is 0.121. The lowest BCUT2D eigenvalue weighted by molar-refractivity contribution is -0.132. The molecule has 2 amide bonds. The number of nitrogens with zero attached hydrogens (tertiary/aromatic N) is 2. The van der Waals surface area contributed by atoms with Crippen molar-refractivity contribution in [3.63, 3.8) is 0 Å². The van der Waals surface area contributed by atoms with E-state index in [1.54, 1.807) is 11.8 Å². The fraction of sp³-hybridized carbons (Fsp3) is 0.556. The summed E-state index contributed by atoms with van der Waals surface area (Å²) < 4.78 is 32.2. The lowest BCUT2D eigenvalue weighted by Gasteiger charge is -2.26. The lowest BCUT2D eigenvalue weighted by atomic mass is 10.2. The van der Waals surface area contributed by atoms with E-state index in [0.29, 0.717) is 26.3 Å². The second kappa shape index (κ2) is 9.69. The number of carbonyl (C=O) groups excluding carboxylic acids is 2. The molecule has 1 aromatic carbocycles. The molecular weight excluding hydrogens is 406 g/mol. The maximum absolute atomic E-state index is 12.9. The van der Waals surface area contributed by atoms with Crippen LogP contribution in [0.1, 0.15) is 31.1 Å². The highest BCUT2D eigenvalue weighted by Gasteiger charge is 2.29. The summed E-state index contributed by atoms with van der Waals surface area (Å²) in [6.45, 7) is 7.46. The second-order valence-corrected chi connectivity index (χ2v) is 8.68. The molecule has 1 atom stereocenters. The standard InChI is InChI=1S/C18H26ClN3O5S/c1-4-21(5-2)18(24)13(3)20-17(23)14-6-7-15(19)16(12-14)28(25,26)22-8-10-27-11-9-22/h6-7,12-13H,4-5,8-11H2,1-3H3,(H,20,23)/t13-/m0/s1. The number of benzene rings is 1. The van der Waals surface area contributed by atoms with Gasteiger partial charge in [0.05, 0.1) is 18.2 Å². The molecule has 28 heavy (non-hydrogen) atoms. The minimum atomic E-state index is -3.85. The third-order valence-electron chi connectivity index (χ3n) is 4.57. The third-order valence-corrected chi connectivity index (χ3v) is 6.95. The number of carbonyl (C=O) groups is 2. The van der Waals surface area contributed by atoms with Crippen LogP contribution >= 0.6 is 11.6 Å². The van der Waals surface area contributed by atoms with Crippen LogP contribution in [0.5, 0.6) is 0 Å². The average Bonchev–Trinajstić information content (AvgIpc) is 2.69. The van der Waals surface area contributed by atoms with Crippen molar-refractivity contribution in [1.82, 2.24) is 14.5 Å². The van der Waals surface area contributed by atoms with Gasteiger partial charge in [-0.3, -0.25) is 9.59 Å². The van der Waals surface area contributed by atoms with Crippen molar-refractivity contribution < 1.29 is 22.7 Å². The van der Waals surface area contributed by atoms with E-state index >= 15 is 0 Å². The largest absolute Gasteiger partial charge is 0.379 e. The molecule has 0 radical (unpaired) electrons. The predicted molar refractivity (Wildman–Crippen MR) is 106 cm³/mol.